The summed E-state index contributed by atoms with van der Waals surface area (Å²) in [7, 11) is 0. The molecule has 19 heavy (non-hydrogen) atoms. The first-order valence-electron chi connectivity index (χ1n) is 5.28. The summed E-state index contributed by atoms with van der Waals surface area (Å²) in [6, 6.07) is 0. The van der Waals surface area contributed by atoms with E-state index >= 15 is 0 Å². The molecule has 1 rings (SSSR count). The highest BCUT2D eigenvalue weighted by Crippen LogP contribution is 2.11. The Morgan fingerprint density at radius 1 is 1.68 bits per heavy atom. The molecule has 1 amide bonds. The van der Waals surface area contributed by atoms with Crippen LogP contribution in [0.2, 0.25) is 0 Å². The van der Waals surface area contributed by atoms with E-state index in [0.29, 0.717) is 0 Å². The number of hydrogen-bond donors (Lipinski definition) is 2. The smallest absolute Gasteiger partial charge is 0.358 e. The van der Waals surface area contributed by atoms with Crippen LogP contribution in [0.15, 0.2) is 6.20 Å². The molecule has 0 unspecified atom stereocenters. The number of carbonyl (C=O) groups excluding carboxylic acids is 1. The largest absolute Gasteiger partial charge is 0.381 e. The number of hydrogen-bond acceptors (Lipinski definition) is 5. The second kappa shape index (κ2) is 5.69. The van der Waals surface area contributed by atoms with Gasteiger partial charge in [-0.3, -0.25) is 9.36 Å². The minimum Gasteiger partial charge on any atom is -0.358 e. The molecule has 0 aromatic carbocycles. The maximum absolute atomic E-state index is 12.8. The van der Waals surface area contributed by atoms with Crippen LogP contribution in [0.5, 0.6) is 0 Å². The molecule has 0 radical (unpaired) electrons. The summed E-state index contributed by atoms with van der Waals surface area (Å²) in [4.78, 5) is 24.8. The third-order valence-corrected chi connectivity index (χ3v) is 2.31. The van der Waals surface area contributed by atoms with Crippen LogP contribution < -0.4 is 11.1 Å². The Bertz CT molecular complexity index is 488. The van der Waals surface area contributed by atoms with Gasteiger partial charge in [-0.05, 0) is 9.91 Å². The van der Waals surface area contributed by atoms with Crippen LogP contribution in [0.1, 0.15) is 5.82 Å². The highest BCUT2D eigenvalue weighted by Gasteiger charge is 2.27. The lowest BCUT2D eigenvalue weighted by atomic mass is 10.3. The average molecular weight is 277 g/mol. The number of imidazole rings is 1. The van der Waals surface area contributed by atoms with Gasteiger partial charge in [-0.15, -0.1) is 0 Å². The summed E-state index contributed by atoms with van der Waals surface area (Å²) < 4.78 is 26.8. The lowest BCUT2D eigenvalue weighted by molar-refractivity contribution is -0.389. The zero-order chi connectivity index (χ0) is 14.6. The third kappa shape index (κ3) is 4.25. The van der Waals surface area contributed by atoms with Gasteiger partial charge in [0, 0.05) is 6.92 Å². The normalized spacial score (nSPS) is 11.4. The molecule has 0 fully saturated rings. The van der Waals surface area contributed by atoms with Gasteiger partial charge in [0.15, 0.2) is 0 Å². The molecule has 0 aliphatic heterocycles. The number of aromatic nitrogens is 2. The molecule has 0 saturated carbocycles. The molecule has 0 aliphatic carbocycles. The summed E-state index contributed by atoms with van der Waals surface area (Å²) in [5.74, 6) is -4.04. The second-order valence-corrected chi connectivity index (χ2v) is 3.87. The highest BCUT2D eigenvalue weighted by molar-refractivity contribution is 5.75. The summed E-state index contributed by atoms with van der Waals surface area (Å²) in [6.45, 7) is -0.608. The van der Waals surface area contributed by atoms with Gasteiger partial charge in [-0.1, -0.05) is 0 Å². The van der Waals surface area contributed by atoms with Crippen molar-refractivity contribution < 1.29 is 18.5 Å². The predicted molar refractivity (Wildman–Crippen MR) is 60.6 cm³/mol. The average Bonchev–Trinajstić information content (AvgIpc) is 2.69. The number of amides is 1. The number of alkyl halides is 2. The van der Waals surface area contributed by atoms with E-state index in [-0.39, 0.29) is 12.4 Å². The van der Waals surface area contributed by atoms with E-state index in [0.717, 1.165) is 6.20 Å². The third-order valence-electron chi connectivity index (χ3n) is 2.31. The molecule has 0 bridgehead atoms. The van der Waals surface area contributed by atoms with Crippen LogP contribution in [-0.4, -0.2) is 39.4 Å². The molecule has 10 heteroatoms. The van der Waals surface area contributed by atoms with Crippen LogP contribution in [0.25, 0.3) is 0 Å². The van der Waals surface area contributed by atoms with E-state index < -0.39 is 35.7 Å². The van der Waals surface area contributed by atoms with Crippen molar-refractivity contribution in [1.82, 2.24) is 14.9 Å². The Kier molecular flexibility index (Phi) is 4.48. The van der Waals surface area contributed by atoms with Crippen molar-refractivity contribution in [2.24, 2.45) is 5.73 Å². The summed E-state index contributed by atoms with van der Waals surface area (Å²) >= 11 is 0. The van der Waals surface area contributed by atoms with Crippen molar-refractivity contribution in [3.8, 4) is 0 Å². The van der Waals surface area contributed by atoms with Gasteiger partial charge in [0.05, 0.1) is 13.1 Å². The van der Waals surface area contributed by atoms with Crippen LogP contribution in [-0.2, 0) is 11.3 Å². The van der Waals surface area contributed by atoms with Gasteiger partial charge in [0.1, 0.15) is 12.7 Å². The van der Waals surface area contributed by atoms with Crippen molar-refractivity contribution in [1.29, 1.82) is 0 Å². The highest BCUT2D eigenvalue weighted by atomic mass is 19.3. The Labute approximate surface area is 106 Å². The fraction of sp³-hybridized carbons (Fsp3) is 0.556. The fourth-order valence-electron chi connectivity index (χ4n) is 1.25. The summed E-state index contributed by atoms with van der Waals surface area (Å²) in [5, 5.41) is 12.5. The fourth-order valence-corrected chi connectivity index (χ4v) is 1.25. The minimum atomic E-state index is -3.17. The van der Waals surface area contributed by atoms with E-state index in [1.165, 1.54) is 11.5 Å². The Hall–Kier alpha value is -2.10. The number of nitrogens with zero attached hydrogens (tertiary/aromatic N) is 3. The zero-order valence-electron chi connectivity index (χ0n) is 10.1. The molecule has 106 valence electrons. The van der Waals surface area contributed by atoms with Crippen molar-refractivity contribution in [3.63, 3.8) is 0 Å². The number of nitrogens with one attached hydrogen (secondary N) is 1. The first-order chi connectivity index (χ1) is 8.75. The number of aryl methyl sites for hydroxylation is 1. The molecular formula is C9H13F2N5O3. The van der Waals surface area contributed by atoms with Gasteiger partial charge in [0.2, 0.25) is 11.7 Å². The summed E-state index contributed by atoms with van der Waals surface area (Å²) in [5.41, 5.74) is 4.81. The Morgan fingerprint density at radius 3 is 2.79 bits per heavy atom. The van der Waals surface area contributed by atoms with Crippen LogP contribution >= 0.6 is 0 Å². The SMILES string of the molecule is Cc1nc([N+](=O)[O-])cn1CC(=O)NCC(F)(F)CN. The first kappa shape index (κ1) is 15.0. The number of halogens is 2. The maximum atomic E-state index is 12.8. The maximum Gasteiger partial charge on any atom is 0.381 e. The molecule has 0 spiro atoms. The van der Waals surface area contributed by atoms with Gasteiger partial charge < -0.3 is 21.2 Å². The molecule has 1 heterocycles. The lowest BCUT2D eigenvalue weighted by Crippen LogP contribution is -2.42. The lowest BCUT2D eigenvalue weighted by Gasteiger charge is -2.14. The van der Waals surface area contributed by atoms with Crippen LogP contribution in [0.3, 0.4) is 0 Å². The van der Waals surface area contributed by atoms with Crippen molar-refractivity contribution in [2.45, 2.75) is 19.4 Å². The molecule has 8 nitrogen and oxygen atoms in total. The summed E-state index contributed by atoms with van der Waals surface area (Å²) in [6.07, 6.45) is 1.07. The molecule has 1 aromatic rings. The number of rotatable bonds is 6. The number of nitro groups is 1. The van der Waals surface area contributed by atoms with Crippen LogP contribution in [0.4, 0.5) is 14.6 Å². The monoisotopic (exact) mass is 277 g/mol. The quantitative estimate of drug-likeness (QED) is 0.552. The molecule has 3 N–H and O–H groups in total. The molecule has 0 saturated heterocycles. The molecule has 0 atom stereocenters. The standard InChI is InChI=1S/C9H13F2N5O3/c1-6-14-7(16(18)19)2-15(6)3-8(17)13-5-9(10,11)4-12/h2H,3-5,12H2,1H3,(H,13,17). The van der Waals surface area contributed by atoms with Gasteiger partial charge >= 0.3 is 5.82 Å². The van der Waals surface area contributed by atoms with Crippen molar-refractivity contribution in [2.75, 3.05) is 13.1 Å². The minimum absolute atomic E-state index is 0.243. The van der Waals surface area contributed by atoms with E-state index in [1.54, 1.807) is 0 Å². The van der Waals surface area contributed by atoms with Gasteiger partial charge in [0.25, 0.3) is 5.92 Å². The zero-order valence-corrected chi connectivity index (χ0v) is 10.1. The van der Waals surface area contributed by atoms with E-state index in [2.05, 4.69) is 4.98 Å². The predicted octanol–water partition coefficient (Wildman–Crippen LogP) is -0.190. The number of carbonyl (C=O) groups is 1. The Balaban J connectivity index is 2.60. The first-order valence-corrected chi connectivity index (χ1v) is 5.28. The van der Waals surface area contributed by atoms with Gasteiger partial charge in [-0.2, -0.15) is 0 Å². The van der Waals surface area contributed by atoms with E-state index in [1.807, 2.05) is 5.32 Å². The van der Waals surface area contributed by atoms with Crippen LogP contribution in [0, 0.1) is 17.0 Å². The second-order valence-electron chi connectivity index (χ2n) is 3.87. The van der Waals surface area contributed by atoms with Crippen molar-refractivity contribution >= 4 is 11.7 Å². The van der Waals surface area contributed by atoms with E-state index in [9.17, 15) is 23.7 Å². The van der Waals surface area contributed by atoms with E-state index in [4.69, 9.17) is 5.73 Å². The van der Waals surface area contributed by atoms with Crippen molar-refractivity contribution in [3.05, 3.63) is 22.1 Å². The topological polar surface area (TPSA) is 116 Å². The molecular weight excluding hydrogens is 264 g/mol. The molecule has 0 aliphatic rings. The Morgan fingerprint density at radius 2 is 2.32 bits per heavy atom. The molecule has 1 aromatic heterocycles. The van der Waals surface area contributed by atoms with Gasteiger partial charge in [-0.25, -0.2) is 8.78 Å². The number of nitrogens with two attached hydrogens (primary N) is 1.